The maximum absolute atomic E-state index is 13.4. The van der Waals surface area contributed by atoms with Crippen LogP contribution in [0.1, 0.15) is 64.7 Å². The molecule has 0 saturated carbocycles. The molecule has 0 spiro atoms. The number of amides is 1. The van der Waals surface area contributed by atoms with Crippen molar-refractivity contribution in [1.82, 2.24) is 4.90 Å². The number of ether oxygens (including phenoxy) is 1. The minimum absolute atomic E-state index is 0.0432. The molecule has 0 radical (unpaired) electrons. The molecule has 1 unspecified atom stereocenters. The summed E-state index contributed by atoms with van der Waals surface area (Å²) in [5.74, 6) is 0.478. The predicted octanol–water partition coefficient (Wildman–Crippen LogP) is 5.90. The Morgan fingerprint density at radius 3 is 2.28 bits per heavy atom. The monoisotopic (exact) mass is 419 g/mol. The van der Waals surface area contributed by atoms with Crippen LogP contribution in [0.4, 0.5) is 4.79 Å². The van der Waals surface area contributed by atoms with Gasteiger partial charge in [0.2, 0.25) is 0 Å². The third-order valence-electron chi connectivity index (χ3n) is 5.77. The van der Waals surface area contributed by atoms with Crippen LogP contribution in [0.2, 0.25) is 18.1 Å². The van der Waals surface area contributed by atoms with E-state index in [2.05, 4.69) is 33.9 Å². The van der Waals surface area contributed by atoms with Crippen molar-refractivity contribution < 1.29 is 18.8 Å². The summed E-state index contributed by atoms with van der Waals surface area (Å²) in [7, 11) is -2.07. The van der Waals surface area contributed by atoms with Gasteiger partial charge in [0, 0.05) is 19.0 Å². The van der Waals surface area contributed by atoms with E-state index < -0.39 is 13.9 Å². The number of carbonyl (C=O) groups is 2. The molecule has 1 aromatic carbocycles. The standard InChI is InChI=1S/C23H37NO4Si/c1-22(2,3)27-21(26)24-15-11-12-17(16-24)20(25)18-13-9-10-14-19(18)28-29(7,8)23(4,5)6/h9-10,13-14,17H,11-12,15-16H2,1-8H3. The van der Waals surface area contributed by atoms with Crippen LogP contribution >= 0.6 is 0 Å². The lowest BCUT2D eigenvalue weighted by Crippen LogP contribution is -2.45. The molecule has 5 nitrogen and oxygen atoms in total. The lowest BCUT2D eigenvalue weighted by Gasteiger charge is -2.37. The first-order valence-electron chi connectivity index (χ1n) is 10.5. The molecule has 0 N–H and O–H groups in total. The Labute approximate surface area is 176 Å². The van der Waals surface area contributed by atoms with Crippen LogP contribution < -0.4 is 4.43 Å². The number of carbonyl (C=O) groups excluding carboxylic acids is 2. The number of hydrogen-bond acceptors (Lipinski definition) is 4. The average Bonchev–Trinajstić information content (AvgIpc) is 2.59. The van der Waals surface area contributed by atoms with Crippen molar-refractivity contribution in [3.05, 3.63) is 29.8 Å². The van der Waals surface area contributed by atoms with E-state index in [1.165, 1.54) is 0 Å². The van der Waals surface area contributed by atoms with Crippen LogP contribution in [-0.4, -0.2) is 43.8 Å². The fourth-order valence-corrected chi connectivity index (χ4v) is 4.12. The number of nitrogens with zero attached hydrogens (tertiary/aromatic N) is 1. The van der Waals surface area contributed by atoms with Crippen LogP contribution in [0.5, 0.6) is 5.75 Å². The average molecular weight is 420 g/mol. The maximum atomic E-state index is 13.4. The van der Waals surface area contributed by atoms with Crippen LogP contribution in [0, 0.1) is 5.92 Å². The Hall–Kier alpha value is -1.82. The zero-order valence-electron chi connectivity index (χ0n) is 19.3. The number of piperidine rings is 1. The maximum Gasteiger partial charge on any atom is 0.410 e. The van der Waals surface area contributed by atoms with Gasteiger partial charge in [-0.3, -0.25) is 4.79 Å². The Morgan fingerprint density at radius 1 is 1.07 bits per heavy atom. The molecular formula is C23H37NO4Si. The summed E-state index contributed by atoms with van der Waals surface area (Å²) in [4.78, 5) is 27.5. The van der Waals surface area contributed by atoms with E-state index in [9.17, 15) is 9.59 Å². The van der Waals surface area contributed by atoms with E-state index in [4.69, 9.17) is 9.16 Å². The number of hydrogen-bond donors (Lipinski definition) is 0. The molecule has 6 heteroatoms. The smallest absolute Gasteiger partial charge is 0.410 e. The Kier molecular flexibility index (Phi) is 6.88. The first-order chi connectivity index (χ1) is 13.2. The van der Waals surface area contributed by atoms with Gasteiger partial charge < -0.3 is 14.1 Å². The quantitative estimate of drug-likeness (QED) is 0.450. The number of rotatable bonds is 4. The Bertz CT molecular complexity index is 746. The lowest BCUT2D eigenvalue weighted by atomic mass is 9.90. The molecule has 2 rings (SSSR count). The van der Waals surface area contributed by atoms with Crippen LogP contribution in [0.3, 0.4) is 0 Å². The van der Waals surface area contributed by atoms with Gasteiger partial charge in [0.15, 0.2) is 5.78 Å². The van der Waals surface area contributed by atoms with E-state index in [0.29, 0.717) is 24.4 Å². The normalized spacial score (nSPS) is 18.3. The highest BCUT2D eigenvalue weighted by Crippen LogP contribution is 2.38. The van der Waals surface area contributed by atoms with E-state index in [0.717, 1.165) is 12.8 Å². The molecule has 0 aliphatic carbocycles. The van der Waals surface area contributed by atoms with Gasteiger partial charge in [0.25, 0.3) is 8.32 Å². The number of para-hydroxylation sites is 1. The first kappa shape index (κ1) is 23.5. The van der Waals surface area contributed by atoms with Gasteiger partial charge >= 0.3 is 6.09 Å². The highest BCUT2D eigenvalue weighted by Gasteiger charge is 2.40. The van der Waals surface area contributed by atoms with Crippen molar-refractivity contribution in [1.29, 1.82) is 0 Å². The number of ketones is 1. The lowest BCUT2D eigenvalue weighted by molar-refractivity contribution is 0.0172. The number of benzene rings is 1. The van der Waals surface area contributed by atoms with Crippen molar-refractivity contribution in [2.45, 2.75) is 78.1 Å². The molecule has 1 aliphatic rings. The van der Waals surface area contributed by atoms with Crippen LogP contribution in [-0.2, 0) is 4.74 Å². The summed E-state index contributed by atoms with van der Waals surface area (Å²) >= 11 is 0. The third-order valence-corrected chi connectivity index (χ3v) is 10.1. The molecule has 29 heavy (non-hydrogen) atoms. The molecule has 1 fully saturated rings. The molecule has 1 atom stereocenters. The molecule has 0 aromatic heterocycles. The minimum Gasteiger partial charge on any atom is -0.543 e. The molecule has 1 aliphatic heterocycles. The van der Waals surface area contributed by atoms with E-state index in [-0.39, 0.29) is 22.8 Å². The van der Waals surface area contributed by atoms with Crippen LogP contribution in [0.25, 0.3) is 0 Å². The second kappa shape index (κ2) is 8.50. The van der Waals surface area contributed by atoms with Crippen molar-refractivity contribution in [2.24, 2.45) is 5.92 Å². The van der Waals surface area contributed by atoms with Gasteiger partial charge in [-0.1, -0.05) is 32.9 Å². The van der Waals surface area contributed by atoms with E-state index in [1.807, 2.05) is 45.0 Å². The van der Waals surface area contributed by atoms with Crippen molar-refractivity contribution in [3.63, 3.8) is 0 Å². The zero-order chi connectivity index (χ0) is 22.0. The van der Waals surface area contributed by atoms with Gasteiger partial charge in [0.1, 0.15) is 11.4 Å². The zero-order valence-corrected chi connectivity index (χ0v) is 20.3. The SMILES string of the molecule is CC(C)(C)OC(=O)N1CCCC(C(=O)c2ccccc2O[Si](C)(C)C(C)(C)C)C1. The Balaban J connectivity index is 2.19. The third kappa shape index (κ3) is 6.08. The second-order valence-electron chi connectivity index (χ2n) is 10.5. The molecule has 1 aromatic rings. The van der Waals surface area contributed by atoms with E-state index in [1.54, 1.807) is 4.90 Å². The van der Waals surface area contributed by atoms with Gasteiger partial charge in [-0.05, 0) is 63.9 Å². The molecule has 162 valence electrons. The molecular weight excluding hydrogens is 382 g/mol. The summed E-state index contributed by atoms with van der Waals surface area (Å²) in [6.07, 6.45) is 1.22. The van der Waals surface area contributed by atoms with Crippen molar-refractivity contribution in [2.75, 3.05) is 13.1 Å². The summed E-state index contributed by atoms with van der Waals surface area (Å²) < 4.78 is 12.0. The van der Waals surface area contributed by atoms with E-state index >= 15 is 0 Å². The van der Waals surface area contributed by atoms with Crippen molar-refractivity contribution >= 4 is 20.2 Å². The van der Waals surface area contributed by atoms with Crippen molar-refractivity contribution in [3.8, 4) is 5.75 Å². The van der Waals surface area contributed by atoms with Gasteiger partial charge in [0.05, 0.1) is 5.56 Å². The van der Waals surface area contributed by atoms with Crippen LogP contribution in [0.15, 0.2) is 24.3 Å². The number of likely N-dealkylation sites (tertiary alicyclic amines) is 1. The number of Topliss-reactive ketones (excluding diaryl/α,β-unsaturated/α-hetero) is 1. The summed E-state index contributed by atoms with van der Waals surface area (Å²) in [5, 5.41) is 0.0432. The molecule has 0 bridgehead atoms. The predicted molar refractivity (Wildman–Crippen MR) is 119 cm³/mol. The topological polar surface area (TPSA) is 55.8 Å². The molecule has 1 saturated heterocycles. The minimum atomic E-state index is -2.07. The Morgan fingerprint density at radius 2 is 1.69 bits per heavy atom. The first-order valence-corrected chi connectivity index (χ1v) is 13.4. The summed E-state index contributed by atoms with van der Waals surface area (Å²) in [6, 6.07) is 7.52. The summed E-state index contributed by atoms with van der Waals surface area (Å²) in [6.45, 7) is 17.5. The van der Waals surface area contributed by atoms with Gasteiger partial charge in [-0.25, -0.2) is 4.79 Å². The molecule has 1 amide bonds. The van der Waals surface area contributed by atoms with Gasteiger partial charge in [-0.2, -0.15) is 0 Å². The highest BCUT2D eigenvalue weighted by atomic mass is 28.4. The largest absolute Gasteiger partial charge is 0.543 e. The fourth-order valence-electron chi connectivity index (χ4n) is 3.09. The van der Waals surface area contributed by atoms with Gasteiger partial charge in [-0.15, -0.1) is 0 Å². The molecule has 1 heterocycles. The second-order valence-corrected chi connectivity index (χ2v) is 15.2. The fraction of sp³-hybridized carbons (Fsp3) is 0.652. The highest BCUT2D eigenvalue weighted by molar-refractivity contribution is 6.74. The summed E-state index contributed by atoms with van der Waals surface area (Å²) in [5.41, 5.74) is 0.0748.